The van der Waals surface area contributed by atoms with E-state index in [-0.39, 0.29) is 31.1 Å². The highest BCUT2D eigenvalue weighted by Gasteiger charge is 2.34. The summed E-state index contributed by atoms with van der Waals surface area (Å²) in [6.07, 6.45) is -4.97. The molecule has 1 heterocycles. The predicted octanol–water partition coefficient (Wildman–Crippen LogP) is 1.22. The first kappa shape index (κ1) is 19.2. The maximum Gasteiger partial charge on any atom is 0.418 e. The van der Waals surface area contributed by atoms with E-state index in [1.54, 1.807) is 6.92 Å². The van der Waals surface area contributed by atoms with Gasteiger partial charge in [0.2, 0.25) is 11.8 Å². The highest BCUT2D eigenvalue weighted by Crippen LogP contribution is 2.34. The first-order valence-electron chi connectivity index (χ1n) is 7.88. The molecule has 0 saturated carbocycles. The summed E-state index contributed by atoms with van der Waals surface area (Å²) in [6, 6.07) is 4.07. The van der Waals surface area contributed by atoms with E-state index in [2.05, 4.69) is 10.6 Å². The molecule has 3 N–H and O–H groups in total. The fourth-order valence-electron chi connectivity index (χ4n) is 2.67. The highest BCUT2D eigenvalue weighted by molar-refractivity contribution is 5.96. The van der Waals surface area contributed by atoms with E-state index in [4.69, 9.17) is 0 Å². The maximum atomic E-state index is 12.9. The second-order valence-corrected chi connectivity index (χ2v) is 5.79. The number of amides is 2. The number of β-amino-alcohol motifs (C(OH)–C–C–N with tert-alkyl or cyclic N) is 1. The summed E-state index contributed by atoms with van der Waals surface area (Å²) in [5, 5.41) is 14.5. The van der Waals surface area contributed by atoms with Crippen LogP contribution in [0.15, 0.2) is 24.3 Å². The van der Waals surface area contributed by atoms with E-state index in [0.717, 1.165) is 12.1 Å². The molecule has 1 aromatic carbocycles. The normalized spacial score (nSPS) is 20.4. The minimum absolute atomic E-state index is 0.224. The second-order valence-electron chi connectivity index (χ2n) is 5.79. The summed E-state index contributed by atoms with van der Waals surface area (Å²) in [5.41, 5.74) is -1.30. The Balaban J connectivity index is 2.03. The molecule has 0 aromatic heterocycles. The molecule has 1 aliphatic rings. The van der Waals surface area contributed by atoms with Crippen molar-refractivity contribution in [2.75, 3.05) is 25.0 Å². The lowest BCUT2D eigenvalue weighted by molar-refractivity contribution is -0.137. The third kappa shape index (κ3) is 4.93. The van der Waals surface area contributed by atoms with Crippen LogP contribution in [0.2, 0.25) is 0 Å². The van der Waals surface area contributed by atoms with Crippen molar-refractivity contribution in [3.63, 3.8) is 0 Å². The Hall–Kier alpha value is -2.13. The average molecular weight is 359 g/mol. The molecule has 138 valence electrons. The molecule has 0 spiro atoms. The average Bonchev–Trinajstić information content (AvgIpc) is 2.98. The monoisotopic (exact) mass is 359 g/mol. The number of anilines is 1. The number of benzene rings is 1. The van der Waals surface area contributed by atoms with Crippen LogP contribution in [0.25, 0.3) is 0 Å². The van der Waals surface area contributed by atoms with Gasteiger partial charge >= 0.3 is 6.18 Å². The Morgan fingerprint density at radius 1 is 1.36 bits per heavy atom. The van der Waals surface area contributed by atoms with Gasteiger partial charge in [0.15, 0.2) is 0 Å². The molecular weight excluding hydrogens is 339 g/mol. The SMILES string of the molecule is CCN(CC(=O)Nc1ccccc1C(F)(F)F)C(=O)C1CC(O)CN1. The van der Waals surface area contributed by atoms with Crippen molar-refractivity contribution in [1.82, 2.24) is 10.2 Å². The smallest absolute Gasteiger partial charge is 0.392 e. The molecule has 1 saturated heterocycles. The first-order chi connectivity index (χ1) is 11.7. The zero-order valence-corrected chi connectivity index (χ0v) is 13.6. The van der Waals surface area contributed by atoms with Gasteiger partial charge in [-0.1, -0.05) is 12.1 Å². The first-order valence-corrected chi connectivity index (χ1v) is 7.88. The number of carbonyl (C=O) groups excluding carboxylic acids is 2. The van der Waals surface area contributed by atoms with Crippen molar-refractivity contribution in [1.29, 1.82) is 0 Å². The zero-order chi connectivity index (χ0) is 18.6. The van der Waals surface area contributed by atoms with Crippen molar-refractivity contribution in [2.45, 2.75) is 31.7 Å². The number of aliphatic hydroxyl groups is 1. The number of hydrogen-bond acceptors (Lipinski definition) is 4. The molecule has 25 heavy (non-hydrogen) atoms. The highest BCUT2D eigenvalue weighted by atomic mass is 19.4. The number of likely N-dealkylation sites (N-methyl/N-ethyl adjacent to an activating group) is 1. The summed E-state index contributed by atoms with van der Waals surface area (Å²) in [7, 11) is 0. The van der Waals surface area contributed by atoms with Crippen LogP contribution in [-0.4, -0.2) is 53.6 Å². The van der Waals surface area contributed by atoms with Gasteiger partial charge < -0.3 is 20.6 Å². The summed E-state index contributed by atoms with van der Waals surface area (Å²) in [4.78, 5) is 25.7. The maximum absolute atomic E-state index is 12.9. The molecule has 9 heteroatoms. The van der Waals surface area contributed by atoms with Gasteiger partial charge in [0, 0.05) is 13.1 Å². The lowest BCUT2D eigenvalue weighted by Crippen LogP contribution is -2.46. The van der Waals surface area contributed by atoms with Crippen molar-refractivity contribution >= 4 is 17.5 Å². The Morgan fingerprint density at radius 2 is 2.04 bits per heavy atom. The number of aliphatic hydroxyl groups excluding tert-OH is 1. The van der Waals surface area contributed by atoms with E-state index in [1.165, 1.54) is 17.0 Å². The van der Waals surface area contributed by atoms with Gasteiger partial charge in [0.25, 0.3) is 0 Å². The van der Waals surface area contributed by atoms with Crippen LogP contribution in [-0.2, 0) is 15.8 Å². The molecule has 1 aliphatic heterocycles. The molecule has 2 amide bonds. The van der Waals surface area contributed by atoms with Crippen LogP contribution in [0.4, 0.5) is 18.9 Å². The van der Waals surface area contributed by atoms with Crippen molar-refractivity contribution < 1.29 is 27.9 Å². The summed E-state index contributed by atoms with van der Waals surface area (Å²) in [5.74, 6) is -1.08. The van der Waals surface area contributed by atoms with Gasteiger partial charge in [-0.25, -0.2) is 0 Å². The number of halogens is 3. The molecule has 2 rings (SSSR count). The van der Waals surface area contributed by atoms with E-state index in [0.29, 0.717) is 6.54 Å². The van der Waals surface area contributed by atoms with Gasteiger partial charge in [0.05, 0.1) is 29.9 Å². The Morgan fingerprint density at radius 3 is 2.60 bits per heavy atom. The number of nitrogens with zero attached hydrogens (tertiary/aromatic N) is 1. The second kappa shape index (κ2) is 7.83. The topological polar surface area (TPSA) is 81.7 Å². The fraction of sp³-hybridized carbons (Fsp3) is 0.500. The summed E-state index contributed by atoms with van der Waals surface area (Å²) >= 11 is 0. The van der Waals surface area contributed by atoms with Gasteiger partial charge in [-0.15, -0.1) is 0 Å². The van der Waals surface area contributed by atoms with Gasteiger partial charge in [-0.05, 0) is 25.5 Å². The van der Waals surface area contributed by atoms with Crippen molar-refractivity contribution in [3.05, 3.63) is 29.8 Å². The standard InChI is InChI=1S/C16H20F3N3O3/c1-2-22(15(25)13-7-10(23)8-20-13)9-14(24)21-12-6-4-3-5-11(12)16(17,18)19/h3-6,10,13,20,23H,2,7-9H2,1H3,(H,21,24). The Labute approximate surface area is 143 Å². The van der Waals surface area contributed by atoms with Crippen molar-refractivity contribution in [2.24, 2.45) is 0 Å². The van der Waals surface area contributed by atoms with E-state index < -0.39 is 29.8 Å². The third-order valence-corrected chi connectivity index (χ3v) is 3.94. The van der Waals surface area contributed by atoms with Crippen LogP contribution in [0.1, 0.15) is 18.9 Å². The lowest BCUT2D eigenvalue weighted by Gasteiger charge is -2.24. The number of hydrogen-bond donors (Lipinski definition) is 3. The van der Waals surface area contributed by atoms with Crippen molar-refractivity contribution in [3.8, 4) is 0 Å². The number of carbonyl (C=O) groups is 2. The molecule has 1 fully saturated rings. The summed E-state index contributed by atoms with van der Waals surface area (Å²) in [6.45, 7) is 1.82. The molecular formula is C16H20F3N3O3. The van der Waals surface area contributed by atoms with Crippen LogP contribution >= 0.6 is 0 Å². The van der Waals surface area contributed by atoms with Crippen LogP contribution < -0.4 is 10.6 Å². The number of nitrogens with one attached hydrogen (secondary N) is 2. The predicted molar refractivity (Wildman–Crippen MR) is 84.7 cm³/mol. The van der Waals surface area contributed by atoms with Crippen LogP contribution in [0.5, 0.6) is 0 Å². The molecule has 2 unspecified atom stereocenters. The van der Waals surface area contributed by atoms with Gasteiger partial charge in [-0.2, -0.15) is 13.2 Å². The molecule has 1 aromatic rings. The Bertz CT molecular complexity index is 637. The van der Waals surface area contributed by atoms with E-state index in [1.807, 2.05) is 0 Å². The minimum atomic E-state index is -4.59. The molecule has 2 atom stereocenters. The molecule has 0 bridgehead atoms. The Kier molecular flexibility index (Phi) is 6.02. The van der Waals surface area contributed by atoms with E-state index in [9.17, 15) is 27.9 Å². The number of rotatable bonds is 5. The largest absolute Gasteiger partial charge is 0.418 e. The van der Waals surface area contributed by atoms with E-state index >= 15 is 0 Å². The lowest BCUT2D eigenvalue weighted by atomic mass is 10.1. The van der Waals surface area contributed by atoms with Crippen LogP contribution in [0.3, 0.4) is 0 Å². The minimum Gasteiger partial charge on any atom is -0.392 e. The summed E-state index contributed by atoms with van der Waals surface area (Å²) < 4.78 is 38.8. The van der Waals surface area contributed by atoms with Gasteiger partial charge in [0.1, 0.15) is 0 Å². The molecule has 6 nitrogen and oxygen atoms in total. The van der Waals surface area contributed by atoms with Crippen LogP contribution in [0, 0.1) is 0 Å². The third-order valence-electron chi connectivity index (χ3n) is 3.94. The number of alkyl halides is 3. The zero-order valence-electron chi connectivity index (χ0n) is 13.6. The molecule has 0 radical (unpaired) electrons. The molecule has 0 aliphatic carbocycles. The fourth-order valence-corrected chi connectivity index (χ4v) is 2.67. The number of para-hydroxylation sites is 1. The van der Waals surface area contributed by atoms with Gasteiger partial charge in [-0.3, -0.25) is 9.59 Å². The quantitative estimate of drug-likeness (QED) is 0.738.